The van der Waals surface area contributed by atoms with Gasteiger partial charge < -0.3 is 0 Å². The van der Waals surface area contributed by atoms with E-state index in [-0.39, 0.29) is 5.41 Å². The minimum atomic E-state index is -0.221. The van der Waals surface area contributed by atoms with Crippen molar-refractivity contribution in [2.24, 2.45) is 0 Å². The Morgan fingerprint density at radius 3 is 2.73 bits per heavy atom. The predicted molar refractivity (Wildman–Crippen MR) is 40.8 cm³/mol. The minimum Gasteiger partial charge on any atom is -0.260 e. The zero-order chi connectivity index (χ0) is 7.73. The summed E-state index contributed by atoms with van der Waals surface area (Å²) in [5, 5.41) is 8.82. The lowest BCUT2D eigenvalue weighted by molar-refractivity contribution is 0.854. The quantitative estimate of drug-likeness (QED) is 0.600. The Morgan fingerprint density at radius 1 is 1.45 bits per heavy atom. The van der Waals surface area contributed by atoms with Crippen molar-refractivity contribution in [2.75, 3.05) is 0 Å². The van der Waals surface area contributed by atoms with Gasteiger partial charge in [-0.1, -0.05) is 6.07 Å². The number of pyridine rings is 1. The van der Waals surface area contributed by atoms with E-state index < -0.39 is 0 Å². The smallest absolute Gasteiger partial charge is 0.0994 e. The Hall–Kier alpha value is -1.36. The molecular formula is C9H8N2. The lowest BCUT2D eigenvalue weighted by Crippen LogP contribution is -2.04. The van der Waals surface area contributed by atoms with E-state index in [0.29, 0.717) is 0 Å². The monoisotopic (exact) mass is 144 g/mol. The molecule has 1 heterocycles. The fourth-order valence-corrected chi connectivity index (χ4v) is 1.20. The first-order valence-electron chi connectivity index (χ1n) is 3.70. The Labute approximate surface area is 65.5 Å². The molecule has 0 amide bonds. The van der Waals surface area contributed by atoms with Gasteiger partial charge in [-0.2, -0.15) is 5.26 Å². The van der Waals surface area contributed by atoms with E-state index in [1.54, 1.807) is 6.20 Å². The highest BCUT2D eigenvalue weighted by Gasteiger charge is 2.46. The van der Waals surface area contributed by atoms with Crippen LogP contribution in [0.2, 0.25) is 0 Å². The standard InChI is InChI=1S/C9H8N2/c10-7-9(4-5-9)8-3-1-2-6-11-8/h1-3,6H,4-5H2. The van der Waals surface area contributed by atoms with Gasteiger partial charge in [0.2, 0.25) is 0 Å². The summed E-state index contributed by atoms with van der Waals surface area (Å²) in [4.78, 5) is 4.16. The van der Waals surface area contributed by atoms with E-state index in [4.69, 9.17) is 5.26 Å². The molecular weight excluding hydrogens is 136 g/mol. The zero-order valence-electron chi connectivity index (χ0n) is 6.12. The second-order valence-electron chi connectivity index (χ2n) is 2.91. The summed E-state index contributed by atoms with van der Waals surface area (Å²) in [7, 11) is 0. The van der Waals surface area contributed by atoms with Gasteiger partial charge in [-0.05, 0) is 25.0 Å². The Morgan fingerprint density at radius 2 is 2.27 bits per heavy atom. The second-order valence-corrected chi connectivity index (χ2v) is 2.91. The summed E-state index contributed by atoms with van der Waals surface area (Å²) in [6.07, 6.45) is 3.69. The van der Waals surface area contributed by atoms with Gasteiger partial charge in [0.1, 0.15) is 0 Å². The van der Waals surface area contributed by atoms with Crippen molar-refractivity contribution in [3.63, 3.8) is 0 Å². The number of nitriles is 1. The highest BCUT2D eigenvalue weighted by molar-refractivity contribution is 5.33. The molecule has 2 rings (SSSR count). The van der Waals surface area contributed by atoms with Crippen LogP contribution < -0.4 is 0 Å². The van der Waals surface area contributed by atoms with Crippen molar-refractivity contribution >= 4 is 0 Å². The SMILES string of the molecule is N#CC1(c2ccccn2)CC1. The molecule has 0 N–H and O–H groups in total. The van der Waals surface area contributed by atoms with Crippen molar-refractivity contribution in [1.29, 1.82) is 5.26 Å². The van der Waals surface area contributed by atoms with Gasteiger partial charge >= 0.3 is 0 Å². The summed E-state index contributed by atoms with van der Waals surface area (Å²) in [6.45, 7) is 0. The van der Waals surface area contributed by atoms with Crippen molar-refractivity contribution in [2.45, 2.75) is 18.3 Å². The normalized spacial score (nSPS) is 18.8. The van der Waals surface area contributed by atoms with Crippen molar-refractivity contribution in [1.82, 2.24) is 4.98 Å². The maximum atomic E-state index is 8.82. The molecule has 0 saturated heterocycles. The second kappa shape index (κ2) is 2.06. The Balaban J connectivity index is 2.39. The van der Waals surface area contributed by atoms with Crippen LogP contribution in [0.4, 0.5) is 0 Å². The topological polar surface area (TPSA) is 36.7 Å². The summed E-state index contributed by atoms with van der Waals surface area (Å²) in [5.41, 5.74) is 0.712. The van der Waals surface area contributed by atoms with Gasteiger partial charge in [-0.3, -0.25) is 4.98 Å². The summed E-state index contributed by atoms with van der Waals surface area (Å²) < 4.78 is 0. The van der Waals surface area contributed by atoms with Gasteiger partial charge in [0.15, 0.2) is 0 Å². The fourth-order valence-electron chi connectivity index (χ4n) is 1.20. The third-order valence-electron chi connectivity index (χ3n) is 2.12. The van der Waals surface area contributed by atoms with Gasteiger partial charge in [-0.15, -0.1) is 0 Å². The average Bonchev–Trinajstić information content (AvgIpc) is 2.86. The third kappa shape index (κ3) is 0.894. The molecule has 0 spiro atoms. The first kappa shape index (κ1) is 6.36. The first-order chi connectivity index (χ1) is 5.37. The van der Waals surface area contributed by atoms with Gasteiger partial charge in [-0.25, -0.2) is 0 Å². The van der Waals surface area contributed by atoms with Crippen molar-refractivity contribution in [3.8, 4) is 6.07 Å². The molecule has 0 unspecified atom stereocenters. The summed E-state index contributed by atoms with van der Waals surface area (Å²) in [6, 6.07) is 8.04. The van der Waals surface area contributed by atoms with Crippen LogP contribution in [0.3, 0.4) is 0 Å². The van der Waals surface area contributed by atoms with Gasteiger partial charge in [0.05, 0.1) is 17.2 Å². The molecule has 2 nitrogen and oxygen atoms in total. The molecule has 1 aromatic rings. The highest BCUT2D eigenvalue weighted by atomic mass is 14.7. The number of aromatic nitrogens is 1. The molecule has 0 radical (unpaired) electrons. The number of rotatable bonds is 1. The van der Waals surface area contributed by atoms with Crippen LogP contribution in [0.5, 0.6) is 0 Å². The number of nitrogens with zero attached hydrogens (tertiary/aromatic N) is 2. The fraction of sp³-hybridized carbons (Fsp3) is 0.333. The highest BCUT2D eigenvalue weighted by Crippen LogP contribution is 2.46. The van der Waals surface area contributed by atoms with E-state index in [0.717, 1.165) is 18.5 Å². The molecule has 1 fully saturated rings. The number of hydrogen-bond acceptors (Lipinski definition) is 2. The molecule has 11 heavy (non-hydrogen) atoms. The Kier molecular flexibility index (Phi) is 1.19. The van der Waals surface area contributed by atoms with Crippen LogP contribution in [-0.2, 0) is 5.41 Å². The first-order valence-corrected chi connectivity index (χ1v) is 3.70. The van der Waals surface area contributed by atoms with Gasteiger partial charge in [0, 0.05) is 6.20 Å². The molecule has 1 saturated carbocycles. The predicted octanol–water partition coefficient (Wildman–Crippen LogP) is 1.64. The van der Waals surface area contributed by atoms with Crippen LogP contribution in [0.25, 0.3) is 0 Å². The zero-order valence-corrected chi connectivity index (χ0v) is 6.12. The van der Waals surface area contributed by atoms with E-state index in [1.807, 2.05) is 18.2 Å². The van der Waals surface area contributed by atoms with Crippen LogP contribution in [0.15, 0.2) is 24.4 Å². The number of hydrogen-bond donors (Lipinski definition) is 0. The van der Waals surface area contributed by atoms with E-state index >= 15 is 0 Å². The third-order valence-corrected chi connectivity index (χ3v) is 2.12. The lowest BCUT2D eigenvalue weighted by atomic mass is 10.0. The molecule has 1 aromatic heterocycles. The summed E-state index contributed by atoms with van der Waals surface area (Å²) >= 11 is 0. The maximum Gasteiger partial charge on any atom is 0.0994 e. The van der Waals surface area contributed by atoms with E-state index in [9.17, 15) is 0 Å². The van der Waals surface area contributed by atoms with Crippen molar-refractivity contribution < 1.29 is 0 Å². The molecule has 1 aliphatic carbocycles. The molecule has 0 atom stereocenters. The molecule has 0 aliphatic heterocycles. The van der Waals surface area contributed by atoms with Crippen LogP contribution in [-0.4, -0.2) is 4.98 Å². The van der Waals surface area contributed by atoms with Crippen LogP contribution in [0, 0.1) is 11.3 Å². The average molecular weight is 144 g/mol. The maximum absolute atomic E-state index is 8.82. The summed E-state index contributed by atoms with van der Waals surface area (Å²) in [5.74, 6) is 0. The van der Waals surface area contributed by atoms with Crippen molar-refractivity contribution in [3.05, 3.63) is 30.1 Å². The minimum absolute atomic E-state index is 0.221. The van der Waals surface area contributed by atoms with Gasteiger partial charge in [0.25, 0.3) is 0 Å². The van der Waals surface area contributed by atoms with Crippen LogP contribution >= 0.6 is 0 Å². The molecule has 54 valence electrons. The molecule has 1 aliphatic rings. The molecule has 0 bridgehead atoms. The molecule has 0 aromatic carbocycles. The van der Waals surface area contributed by atoms with E-state index in [2.05, 4.69) is 11.1 Å². The molecule has 2 heteroatoms. The largest absolute Gasteiger partial charge is 0.260 e. The van der Waals surface area contributed by atoms with E-state index in [1.165, 1.54) is 0 Å². The van der Waals surface area contributed by atoms with Crippen LogP contribution in [0.1, 0.15) is 18.5 Å². The Bertz CT molecular complexity index is 293. The lowest BCUT2D eigenvalue weighted by Gasteiger charge is -2.01.